The second-order valence-electron chi connectivity index (χ2n) is 4.91. The summed E-state index contributed by atoms with van der Waals surface area (Å²) in [7, 11) is 0. The van der Waals surface area contributed by atoms with Crippen molar-refractivity contribution in [1.82, 2.24) is 0 Å². The van der Waals surface area contributed by atoms with Crippen molar-refractivity contribution < 1.29 is 0 Å². The molecule has 2 aromatic rings. The van der Waals surface area contributed by atoms with Crippen molar-refractivity contribution in [1.29, 1.82) is 0 Å². The van der Waals surface area contributed by atoms with Crippen LogP contribution < -0.4 is 0 Å². The Morgan fingerprint density at radius 3 is 2.75 bits per heavy atom. The number of aryl methyl sites for hydroxylation is 3. The molecule has 84 valence electrons. The first-order valence-corrected chi connectivity index (χ1v) is 7.23. The molecule has 1 aliphatic rings. The van der Waals surface area contributed by atoms with Crippen molar-refractivity contribution in [3.8, 4) is 0 Å². The van der Waals surface area contributed by atoms with Gasteiger partial charge in [0.1, 0.15) is 0 Å². The molecule has 0 unspecified atom stereocenters. The number of hydrogen-bond acceptors (Lipinski definition) is 1. The van der Waals surface area contributed by atoms with Crippen LogP contribution in [0, 0.1) is 6.92 Å². The molecular weight excluding hydrogens is 212 g/mol. The highest BCUT2D eigenvalue weighted by molar-refractivity contribution is 7.17. The van der Waals surface area contributed by atoms with E-state index in [9.17, 15) is 0 Å². The summed E-state index contributed by atoms with van der Waals surface area (Å²) < 4.78 is 1.57. The van der Waals surface area contributed by atoms with Gasteiger partial charge >= 0.3 is 0 Å². The monoisotopic (exact) mass is 230 g/mol. The standard InChI is InChI=1S/C15H18S/c1-11-10-12-6-4-2-3-5-7-14(12)15-13(11)8-9-16-15/h8-10H,2-7H2,1H3. The molecule has 1 aromatic heterocycles. The maximum Gasteiger partial charge on any atom is 0.0380 e. The van der Waals surface area contributed by atoms with Crippen molar-refractivity contribution in [2.75, 3.05) is 0 Å². The second kappa shape index (κ2) is 4.21. The van der Waals surface area contributed by atoms with E-state index >= 15 is 0 Å². The van der Waals surface area contributed by atoms with Crippen molar-refractivity contribution in [2.45, 2.75) is 45.4 Å². The molecule has 0 saturated heterocycles. The fourth-order valence-electron chi connectivity index (χ4n) is 2.89. The summed E-state index contributed by atoms with van der Waals surface area (Å²) in [6.07, 6.45) is 8.18. The summed E-state index contributed by atoms with van der Waals surface area (Å²) in [6, 6.07) is 4.73. The maximum absolute atomic E-state index is 2.44. The van der Waals surface area contributed by atoms with Crippen molar-refractivity contribution in [3.05, 3.63) is 34.2 Å². The van der Waals surface area contributed by atoms with Gasteiger partial charge in [-0.1, -0.05) is 18.9 Å². The Morgan fingerprint density at radius 1 is 1.06 bits per heavy atom. The molecule has 0 N–H and O–H groups in total. The molecule has 1 aromatic carbocycles. The van der Waals surface area contributed by atoms with E-state index in [1.165, 1.54) is 49.5 Å². The minimum atomic E-state index is 1.30. The SMILES string of the molecule is Cc1cc2c(c3sccc13)CCCCCC2. The van der Waals surface area contributed by atoms with Crippen LogP contribution in [-0.4, -0.2) is 0 Å². The van der Waals surface area contributed by atoms with E-state index < -0.39 is 0 Å². The van der Waals surface area contributed by atoms with Crippen molar-refractivity contribution >= 4 is 21.4 Å². The van der Waals surface area contributed by atoms with Crippen molar-refractivity contribution in [2.24, 2.45) is 0 Å². The topological polar surface area (TPSA) is 0 Å². The summed E-state index contributed by atoms with van der Waals surface area (Å²) in [5.41, 5.74) is 4.76. The summed E-state index contributed by atoms with van der Waals surface area (Å²) in [4.78, 5) is 0. The van der Waals surface area contributed by atoms with Gasteiger partial charge in [0.15, 0.2) is 0 Å². The smallest absolute Gasteiger partial charge is 0.0380 e. The molecule has 0 atom stereocenters. The molecule has 1 heterocycles. The number of hydrogen-bond donors (Lipinski definition) is 0. The number of fused-ring (bicyclic) bond motifs is 3. The van der Waals surface area contributed by atoms with E-state index in [0.29, 0.717) is 0 Å². The van der Waals surface area contributed by atoms with Gasteiger partial charge < -0.3 is 0 Å². The quantitative estimate of drug-likeness (QED) is 0.606. The van der Waals surface area contributed by atoms with Gasteiger partial charge in [-0.05, 0) is 66.1 Å². The fraction of sp³-hybridized carbons (Fsp3) is 0.467. The average Bonchev–Trinajstić information content (AvgIpc) is 2.70. The number of benzene rings is 1. The second-order valence-corrected chi connectivity index (χ2v) is 5.82. The van der Waals surface area contributed by atoms with Crippen LogP contribution in [0.1, 0.15) is 42.4 Å². The lowest BCUT2D eigenvalue weighted by Gasteiger charge is -2.15. The van der Waals surface area contributed by atoms with E-state index in [1.54, 1.807) is 15.8 Å². The first-order chi connectivity index (χ1) is 7.86. The zero-order valence-corrected chi connectivity index (χ0v) is 10.7. The van der Waals surface area contributed by atoms with Crippen molar-refractivity contribution in [3.63, 3.8) is 0 Å². The summed E-state index contributed by atoms with van der Waals surface area (Å²) in [5, 5.41) is 3.74. The Hall–Kier alpha value is -0.820. The first-order valence-electron chi connectivity index (χ1n) is 6.35. The lowest BCUT2D eigenvalue weighted by molar-refractivity contribution is 0.619. The highest BCUT2D eigenvalue weighted by Gasteiger charge is 2.12. The molecule has 0 radical (unpaired) electrons. The van der Waals surface area contributed by atoms with Crippen LogP contribution >= 0.6 is 11.3 Å². The van der Waals surface area contributed by atoms with E-state index in [4.69, 9.17) is 0 Å². The fourth-order valence-corrected chi connectivity index (χ4v) is 3.97. The predicted octanol–water partition coefficient (Wildman–Crippen LogP) is 4.87. The molecule has 0 fully saturated rings. The number of thiophene rings is 1. The van der Waals surface area contributed by atoms with Crippen LogP contribution in [0.5, 0.6) is 0 Å². The Balaban J connectivity index is 2.21. The van der Waals surface area contributed by atoms with Crippen LogP contribution in [0.15, 0.2) is 17.5 Å². The van der Waals surface area contributed by atoms with Gasteiger partial charge in [0.05, 0.1) is 0 Å². The van der Waals surface area contributed by atoms with Gasteiger partial charge in [0.2, 0.25) is 0 Å². The van der Waals surface area contributed by atoms with Crippen LogP contribution in [0.4, 0.5) is 0 Å². The molecule has 0 saturated carbocycles. The third kappa shape index (κ3) is 1.67. The van der Waals surface area contributed by atoms with Crippen LogP contribution in [0.25, 0.3) is 10.1 Å². The van der Waals surface area contributed by atoms with Crippen LogP contribution in [0.2, 0.25) is 0 Å². The highest BCUT2D eigenvalue weighted by Crippen LogP contribution is 2.33. The van der Waals surface area contributed by atoms with E-state index in [-0.39, 0.29) is 0 Å². The van der Waals surface area contributed by atoms with E-state index in [1.807, 2.05) is 11.3 Å². The number of rotatable bonds is 0. The Bertz CT molecular complexity index is 507. The summed E-state index contributed by atoms with van der Waals surface area (Å²) in [6.45, 7) is 2.26. The zero-order chi connectivity index (χ0) is 11.0. The third-order valence-electron chi connectivity index (χ3n) is 3.77. The normalized spacial score (nSPS) is 16.8. The van der Waals surface area contributed by atoms with Gasteiger partial charge in [-0.3, -0.25) is 0 Å². The Morgan fingerprint density at radius 2 is 1.88 bits per heavy atom. The minimum Gasteiger partial charge on any atom is -0.144 e. The maximum atomic E-state index is 2.44. The molecule has 16 heavy (non-hydrogen) atoms. The van der Waals surface area contributed by atoms with E-state index in [0.717, 1.165) is 0 Å². The molecule has 0 bridgehead atoms. The predicted molar refractivity (Wildman–Crippen MR) is 72.4 cm³/mol. The summed E-state index contributed by atoms with van der Waals surface area (Å²) >= 11 is 1.93. The molecule has 0 amide bonds. The average molecular weight is 230 g/mol. The molecular formula is C15H18S. The van der Waals surface area contributed by atoms with E-state index in [2.05, 4.69) is 24.4 Å². The molecule has 0 aliphatic heterocycles. The van der Waals surface area contributed by atoms with Gasteiger partial charge in [-0.15, -0.1) is 11.3 Å². The lowest BCUT2D eigenvalue weighted by Crippen LogP contribution is -2.00. The molecule has 3 rings (SSSR count). The largest absolute Gasteiger partial charge is 0.144 e. The van der Waals surface area contributed by atoms with Gasteiger partial charge in [0.25, 0.3) is 0 Å². The molecule has 1 aliphatic carbocycles. The van der Waals surface area contributed by atoms with Crippen LogP contribution in [-0.2, 0) is 12.8 Å². The first kappa shape index (κ1) is 10.3. The van der Waals surface area contributed by atoms with Gasteiger partial charge in [-0.25, -0.2) is 0 Å². The van der Waals surface area contributed by atoms with Gasteiger partial charge in [-0.2, -0.15) is 0 Å². The molecule has 1 heteroatoms. The van der Waals surface area contributed by atoms with Gasteiger partial charge in [0, 0.05) is 4.70 Å². The Labute approximate surface area is 101 Å². The summed E-state index contributed by atoms with van der Waals surface area (Å²) in [5.74, 6) is 0. The third-order valence-corrected chi connectivity index (χ3v) is 4.74. The minimum absolute atomic E-state index is 1.30. The lowest BCUT2D eigenvalue weighted by atomic mass is 9.91. The highest BCUT2D eigenvalue weighted by atomic mass is 32.1. The van der Waals surface area contributed by atoms with Crippen LogP contribution in [0.3, 0.4) is 0 Å². The zero-order valence-electron chi connectivity index (χ0n) is 9.88. The Kier molecular flexibility index (Phi) is 2.72. The molecule has 0 spiro atoms. The molecule has 0 nitrogen and oxygen atoms in total.